The summed E-state index contributed by atoms with van der Waals surface area (Å²) in [4.78, 5) is 18.7. The number of nitrogens with zero attached hydrogens (tertiary/aromatic N) is 5. The van der Waals surface area contributed by atoms with Gasteiger partial charge in [0, 0.05) is 45.2 Å². The van der Waals surface area contributed by atoms with Crippen molar-refractivity contribution in [1.29, 1.82) is 0 Å². The number of aromatic nitrogens is 2. The number of likely N-dealkylation sites (tertiary alicyclic amines) is 1. The first-order valence-corrected chi connectivity index (χ1v) is 8.88. The van der Waals surface area contributed by atoms with Gasteiger partial charge in [-0.3, -0.25) is 9.69 Å². The quantitative estimate of drug-likeness (QED) is 0.827. The van der Waals surface area contributed by atoms with Crippen molar-refractivity contribution in [3.63, 3.8) is 0 Å². The molecule has 1 aromatic heterocycles. The Labute approximate surface area is 136 Å². The van der Waals surface area contributed by atoms with E-state index in [1.807, 2.05) is 4.90 Å². The number of anilines is 1. The Morgan fingerprint density at radius 1 is 1.00 bits per heavy atom. The topological polar surface area (TPSA) is 65.7 Å². The lowest BCUT2D eigenvalue weighted by Gasteiger charge is -2.23. The van der Waals surface area contributed by atoms with Gasteiger partial charge in [-0.25, -0.2) is 0 Å². The molecule has 0 spiro atoms. The summed E-state index contributed by atoms with van der Waals surface area (Å²) in [6, 6.07) is 0.652. The van der Waals surface area contributed by atoms with Gasteiger partial charge in [-0.2, -0.15) is 0 Å². The molecule has 3 heterocycles. The van der Waals surface area contributed by atoms with Crippen LogP contribution >= 0.6 is 0 Å². The maximum Gasteiger partial charge on any atom is 0.318 e. The Hall–Kier alpha value is -1.63. The van der Waals surface area contributed by atoms with Crippen molar-refractivity contribution in [3.8, 4) is 0 Å². The molecule has 0 aromatic carbocycles. The van der Waals surface area contributed by atoms with Gasteiger partial charge in [-0.15, -0.1) is 5.10 Å². The number of rotatable bonds is 4. The molecule has 0 radical (unpaired) electrons. The predicted octanol–water partition coefficient (Wildman–Crippen LogP) is 1.08. The highest BCUT2D eigenvalue weighted by Gasteiger charge is 2.30. The van der Waals surface area contributed by atoms with Crippen molar-refractivity contribution in [2.75, 3.05) is 50.7 Å². The van der Waals surface area contributed by atoms with Crippen molar-refractivity contribution < 1.29 is 9.21 Å². The Morgan fingerprint density at radius 2 is 1.83 bits per heavy atom. The third-order valence-electron chi connectivity index (χ3n) is 5.03. The third kappa shape index (κ3) is 3.49. The molecular weight excluding hydrogens is 294 g/mol. The molecule has 4 rings (SSSR count). The second kappa shape index (κ2) is 6.47. The monoisotopic (exact) mass is 319 g/mol. The summed E-state index contributed by atoms with van der Waals surface area (Å²) in [7, 11) is 0. The van der Waals surface area contributed by atoms with Gasteiger partial charge in [-0.1, -0.05) is 5.10 Å². The molecule has 23 heavy (non-hydrogen) atoms. The fourth-order valence-electron chi connectivity index (χ4n) is 3.43. The molecule has 2 saturated heterocycles. The standard InChI is InChI=1S/C16H25N5O2/c22-14(20-7-1-2-8-20)12-19-6-3-9-21(11-10-19)16-18-17-15(23-16)13-4-5-13/h13H,1-12H2. The van der Waals surface area contributed by atoms with E-state index in [4.69, 9.17) is 4.42 Å². The van der Waals surface area contributed by atoms with E-state index in [9.17, 15) is 4.79 Å². The van der Waals surface area contributed by atoms with Gasteiger partial charge < -0.3 is 14.2 Å². The molecule has 126 valence electrons. The molecule has 0 N–H and O–H groups in total. The molecule has 1 aromatic rings. The van der Waals surface area contributed by atoms with E-state index in [1.165, 1.54) is 12.8 Å². The molecule has 2 aliphatic heterocycles. The highest BCUT2D eigenvalue weighted by molar-refractivity contribution is 5.78. The first kappa shape index (κ1) is 14.9. The SMILES string of the molecule is O=C(CN1CCCN(c2nnc(C3CC3)o2)CC1)N1CCCC1. The zero-order valence-electron chi connectivity index (χ0n) is 13.6. The molecule has 0 unspecified atom stereocenters. The van der Waals surface area contributed by atoms with E-state index in [-0.39, 0.29) is 5.91 Å². The largest absolute Gasteiger partial charge is 0.408 e. The predicted molar refractivity (Wildman–Crippen MR) is 85.4 cm³/mol. The lowest BCUT2D eigenvalue weighted by molar-refractivity contribution is -0.131. The van der Waals surface area contributed by atoms with Crippen LogP contribution in [0.1, 0.15) is 43.9 Å². The van der Waals surface area contributed by atoms with Crippen LogP contribution in [-0.2, 0) is 4.79 Å². The minimum Gasteiger partial charge on any atom is -0.408 e. The van der Waals surface area contributed by atoms with Gasteiger partial charge in [0.05, 0.1) is 6.54 Å². The van der Waals surface area contributed by atoms with E-state index >= 15 is 0 Å². The number of carbonyl (C=O) groups is 1. The fourth-order valence-corrected chi connectivity index (χ4v) is 3.43. The summed E-state index contributed by atoms with van der Waals surface area (Å²) in [6.45, 7) is 6.02. The van der Waals surface area contributed by atoms with Crippen LogP contribution in [0.15, 0.2) is 4.42 Å². The van der Waals surface area contributed by atoms with Crippen molar-refractivity contribution in [2.45, 2.75) is 38.0 Å². The lowest BCUT2D eigenvalue weighted by Crippen LogP contribution is -2.40. The third-order valence-corrected chi connectivity index (χ3v) is 5.03. The first-order valence-electron chi connectivity index (χ1n) is 8.88. The van der Waals surface area contributed by atoms with Gasteiger partial charge in [0.15, 0.2) is 0 Å². The second-order valence-electron chi connectivity index (χ2n) is 6.90. The minimum atomic E-state index is 0.282. The number of amides is 1. The molecular formula is C16H25N5O2. The summed E-state index contributed by atoms with van der Waals surface area (Å²) in [6.07, 6.45) is 5.68. The average molecular weight is 319 g/mol. The number of hydrogen-bond acceptors (Lipinski definition) is 6. The molecule has 3 fully saturated rings. The van der Waals surface area contributed by atoms with Crippen LogP contribution in [0, 0.1) is 0 Å². The Bertz CT molecular complexity index is 550. The molecule has 0 bridgehead atoms. The Morgan fingerprint density at radius 3 is 2.61 bits per heavy atom. The summed E-state index contributed by atoms with van der Waals surface area (Å²) < 4.78 is 5.81. The van der Waals surface area contributed by atoms with Gasteiger partial charge in [0.25, 0.3) is 0 Å². The van der Waals surface area contributed by atoms with Crippen LogP contribution in [0.4, 0.5) is 6.01 Å². The maximum absolute atomic E-state index is 12.3. The van der Waals surface area contributed by atoms with Crippen molar-refractivity contribution >= 4 is 11.9 Å². The van der Waals surface area contributed by atoms with E-state index in [0.717, 1.165) is 64.4 Å². The van der Waals surface area contributed by atoms with Crippen LogP contribution in [0.3, 0.4) is 0 Å². The summed E-state index contributed by atoms with van der Waals surface area (Å²) in [5.74, 6) is 1.58. The van der Waals surface area contributed by atoms with Gasteiger partial charge >= 0.3 is 6.01 Å². The number of carbonyl (C=O) groups excluding carboxylic acids is 1. The molecule has 3 aliphatic rings. The van der Waals surface area contributed by atoms with Crippen LogP contribution < -0.4 is 4.90 Å². The highest BCUT2D eigenvalue weighted by Crippen LogP contribution is 2.39. The summed E-state index contributed by atoms with van der Waals surface area (Å²) in [5.41, 5.74) is 0. The van der Waals surface area contributed by atoms with Crippen molar-refractivity contribution in [3.05, 3.63) is 5.89 Å². The molecule has 7 heteroatoms. The lowest BCUT2D eigenvalue weighted by atomic mass is 10.3. The van der Waals surface area contributed by atoms with E-state index in [2.05, 4.69) is 20.0 Å². The Balaban J connectivity index is 1.31. The molecule has 7 nitrogen and oxygen atoms in total. The zero-order chi connectivity index (χ0) is 15.6. The van der Waals surface area contributed by atoms with E-state index in [0.29, 0.717) is 18.5 Å². The van der Waals surface area contributed by atoms with Gasteiger partial charge in [0.2, 0.25) is 11.8 Å². The second-order valence-corrected chi connectivity index (χ2v) is 6.90. The molecule has 1 saturated carbocycles. The fraction of sp³-hybridized carbons (Fsp3) is 0.812. The van der Waals surface area contributed by atoms with E-state index < -0.39 is 0 Å². The first-order chi connectivity index (χ1) is 11.3. The van der Waals surface area contributed by atoms with Crippen molar-refractivity contribution in [2.24, 2.45) is 0 Å². The molecule has 1 aliphatic carbocycles. The summed E-state index contributed by atoms with van der Waals surface area (Å²) >= 11 is 0. The zero-order valence-corrected chi connectivity index (χ0v) is 13.6. The maximum atomic E-state index is 12.3. The van der Waals surface area contributed by atoms with Crippen LogP contribution in [0.25, 0.3) is 0 Å². The number of hydrogen-bond donors (Lipinski definition) is 0. The van der Waals surface area contributed by atoms with Gasteiger partial charge in [0.1, 0.15) is 0 Å². The normalized spacial score (nSPS) is 23.3. The van der Waals surface area contributed by atoms with Crippen LogP contribution in [-0.4, -0.2) is 71.7 Å². The van der Waals surface area contributed by atoms with Gasteiger partial charge in [-0.05, 0) is 32.1 Å². The minimum absolute atomic E-state index is 0.282. The highest BCUT2D eigenvalue weighted by atomic mass is 16.4. The average Bonchev–Trinajstić information content (AvgIpc) is 3.11. The smallest absolute Gasteiger partial charge is 0.318 e. The summed E-state index contributed by atoms with van der Waals surface area (Å²) in [5, 5.41) is 8.38. The molecule has 1 amide bonds. The van der Waals surface area contributed by atoms with Crippen LogP contribution in [0.2, 0.25) is 0 Å². The van der Waals surface area contributed by atoms with Crippen LogP contribution in [0.5, 0.6) is 0 Å². The molecule has 0 atom stereocenters. The Kier molecular flexibility index (Phi) is 4.20. The van der Waals surface area contributed by atoms with E-state index in [1.54, 1.807) is 0 Å². The van der Waals surface area contributed by atoms with Crippen molar-refractivity contribution in [1.82, 2.24) is 20.0 Å².